The van der Waals surface area contributed by atoms with Crippen molar-refractivity contribution in [2.24, 2.45) is 0 Å². The fraction of sp³-hybridized carbons (Fsp3) is 0.667. The summed E-state index contributed by atoms with van der Waals surface area (Å²) in [5.74, 6) is -0.871. The molecule has 1 unspecified atom stereocenters. The van der Waals surface area contributed by atoms with Crippen molar-refractivity contribution >= 4 is 21.6 Å². The lowest BCUT2D eigenvalue weighted by atomic mass is 10.2. The summed E-state index contributed by atoms with van der Waals surface area (Å²) in [6, 6.07) is 3.39. The molecule has 0 spiro atoms. The van der Waals surface area contributed by atoms with Crippen molar-refractivity contribution in [2.45, 2.75) is 36.1 Å². The van der Waals surface area contributed by atoms with Gasteiger partial charge in [0.1, 0.15) is 11.5 Å². The SMILES string of the molecule is O=S1(=O)CCCC1CNCc1ccc(CSC(F)F)o1. The van der Waals surface area contributed by atoms with Gasteiger partial charge in [0.05, 0.1) is 23.3 Å². The summed E-state index contributed by atoms with van der Waals surface area (Å²) < 4.78 is 52.7. The molecule has 1 atom stereocenters. The Hall–Kier alpha value is -0.600. The van der Waals surface area contributed by atoms with Gasteiger partial charge in [-0.1, -0.05) is 11.8 Å². The van der Waals surface area contributed by atoms with E-state index in [1.807, 2.05) is 0 Å². The molecule has 1 N–H and O–H groups in total. The molecule has 0 aromatic carbocycles. The van der Waals surface area contributed by atoms with Crippen molar-refractivity contribution in [2.75, 3.05) is 12.3 Å². The number of hydrogen-bond donors (Lipinski definition) is 1. The van der Waals surface area contributed by atoms with E-state index < -0.39 is 15.6 Å². The molecule has 1 aliphatic heterocycles. The first-order valence-corrected chi connectivity index (χ1v) is 9.13. The minimum Gasteiger partial charge on any atom is -0.464 e. The standard InChI is InChI=1S/C12H17F2NO3S2/c13-12(14)19-8-10-4-3-9(18-10)6-15-7-11-2-1-5-20(11,16)17/h3-4,11-12,15H,1-2,5-8H2. The van der Waals surface area contributed by atoms with Crippen molar-refractivity contribution in [3.05, 3.63) is 23.7 Å². The lowest BCUT2D eigenvalue weighted by Gasteiger charge is -2.09. The third-order valence-corrected chi connectivity index (χ3v) is 6.18. The molecule has 1 saturated heterocycles. The van der Waals surface area contributed by atoms with Crippen LogP contribution < -0.4 is 5.32 Å². The smallest absolute Gasteiger partial charge is 0.284 e. The van der Waals surface area contributed by atoms with Gasteiger partial charge in [-0.05, 0) is 25.0 Å². The Balaban J connectivity index is 1.74. The number of alkyl halides is 2. The Morgan fingerprint density at radius 2 is 2.15 bits per heavy atom. The Labute approximate surface area is 121 Å². The molecule has 1 aromatic rings. The second-order valence-electron chi connectivity index (χ2n) is 4.70. The first-order valence-electron chi connectivity index (χ1n) is 6.37. The van der Waals surface area contributed by atoms with Crippen LogP contribution in [0.4, 0.5) is 8.78 Å². The molecule has 4 nitrogen and oxygen atoms in total. The van der Waals surface area contributed by atoms with Gasteiger partial charge in [0.2, 0.25) is 0 Å². The fourth-order valence-corrected chi connectivity index (χ4v) is 4.43. The first kappa shape index (κ1) is 15.8. The minimum absolute atomic E-state index is 0.134. The van der Waals surface area contributed by atoms with E-state index in [-0.39, 0.29) is 16.8 Å². The van der Waals surface area contributed by atoms with Gasteiger partial charge in [0.25, 0.3) is 5.76 Å². The largest absolute Gasteiger partial charge is 0.464 e. The summed E-state index contributed by atoms with van der Waals surface area (Å²) in [7, 11) is -2.93. The van der Waals surface area contributed by atoms with Crippen LogP contribution in [0.25, 0.3) is 0 Å². The van der Waals surface area contributed by atoms with Crippen molar-refractivity contribution in [1.29, 1.82) is 0 Å². The van der Waals surface area contributed by atoms with Gasteiger partial charge in [-0.3, -0.25) is 0 Å². The summed E-state index contributed by atoms with van der Waals surface area (Å²) in [5.41, 5.74) is 0. The number of nitrogens with one attached hydrogen (secondary N) is 1. The highest BCUT2D eigenvalue weighted by molar-refractivity contribution is 7.98. The third-order valence-electron chi connectivity index (χ3n) is 3.20. The number of sulfone groups is 1. The second-order valence-corrected chi connectivity index (χ2v) is 8.08. The highest BCUT2D eigenvalue weighted by atomic mass is 32.2. The van der Waals surface area contributed by atoms with Gasteiger partial charge in [-0.2, -0.15) is 8.78 Å². The number of furan rings is 1. The van der Waals surface area contributed by atoms with Crippen molar-refractivity contribution in [1.82, 2.24) is 5.32 Å². The van der Waals surface area contributed by atoms with Crippen molar-refractivity contribution in [3.8, 4) is 0 Å². The average molecular weight is 325 g/mol. The molecule has 114 valence electrons. The normalized spacial score (nSPS) is 21.6. The van der Waals surface area contributed by atoms with Gasteiger partial charge in [0, 0.05) is 6.54 Å². The van der Waals surface area contributed by atoms with Crippen LogP contribution in [-0.2, 0) is 22.1 Å². The summed E-state index contributed by atoms with van der Waals surface area (Å²) in [6.07, 6.45) is 1.42. The predicted octanol–water partition coefficient (Wildman–Crippen LogP) is 2.40. The van der Waals surface area contributed by atoms with Crippen LogP contribution in [-0.4, -0.2) is 31.7 Å². The molecule has 1 fully saturated rings. The number of thioether (sulfide) groups is 1. The lowest BCUT2D eigenvalue weighted by Crippen LogP contribution is -2.30. The molecule has 1 aromatic heterocycles. The zero-order valence-corrected chi connectivity index (χ0v) is 12.5. The van der Waals surface area contributed by atoms with Crippen LogP contribution in [0, 0.1) is 0 Å². The van der Waals surface area contributed by atoms with Crippen molar-refractivity contribution in [3.63, 3.8) is 0 Å². The van der Waals surface area contributed by atoms with Gasteiger partial charge >= 0.3 is 0 Å². The summed E-state index contributed by atoms with van der Waals surface area (Å²) in [4.78, 5) is 0. The van der Waals surface area contributed by atoms with E-state index in [1.54, 1.807) is 12.1 Å². The fourth-order valence-electron chi connectivity index (χ4n) is 2.18. The minimum atomic E-state index is -2.93. The van der Waals surface area contributed by atoms with E-state index in [1.165, 1.54) is 0 Å². The number of hydrogen-bond acceptors (Lipinski definition) is 5. The van der Waals surface area contributed by atoms with E-state index in [4.69, 9.17) is 4.42 Å². The van der Waals surface area contributed by atoms with Crippen LogP contribution in [0.1, 0.15) is 24.4 Å². The molecule has 1 aliphatic rings. The number of rotatable bonds is 7. The maximum atomic E-state index is 12.0. The molecule has 2 heterocycles. The molecule has 0 bridgehead atoms. The lowest BCUT2D eigenvalue weighted by molar-refractivity contribution is 0.251. The average Bonchev–Trinajstić information content (AvgIpc) is 2.94. The third kappa shape index (κ3) is 4.46. The molecule has 8 heteroatoms. The zero-order chi connectivity index (χ0) is 14.6. The van der Waals surface area contributed by atoms with Gasteiger partial charge in [-0.15, -0.1) is 0 Å². The topological polar surface area (TPSA) is 59.3 Å². The van der Waals surface area contributed by atoms with Crippen LogP contribution in [0.15, 0.2) is 16.5 Å². The monoisotopic (exact) mass is 325 g/mol. The van der Waals surface area contributed by atoms with Crippen LogP contribution in [0.2, 0.25) is 0 Å². The van der Waals surface area contributed by atoms with Crippen molar-refractivity contribution < 1.29 is 21.6 Å². The molecule has 0 amide bonds. The Kier molecular flexibility index (Phi) is 5.45. The zero-order valence-electron chi connectivity index (χ0n) is 10.8. The summed E-state index contributed by atoms with van der Waals surface area (Å²) in [6.45, 7) is 0.815. The van der Waals surface area contributed by atoms with E-state index in [2.05, 4.69) is 5.32 Å². The van der Waals surface area contributed by atoms with Gasteiger partial charge in [0.15, 0.2) is 9.84 Å². The Morgan fingerprint density at radius 3 is 2.80 bits per heavy atom. The Bertz CT molecular complexity index is 531. The maximum Gasteiger partial charge on any atom is 0.284 e. The summed E-state index contributed by atoms with van der Waals surface area (Å²) >= 11 is 0.515. The van der Waals surface area contributed by atoms with E-state index in [0.29, 0.717) is 42.8 Å². The highest BCUT2D eigenvalue weighted by Crippen LogP contribution is 2.22. The molecule has 0 aliphatic carbocycles. The number of halogens is 2. The van der Waals surface area contributed by atoms with E-state index in [0.717, 1.165) is 6.42 Å². The molecule has 0 saturated carbocycles. The van der Waals surface area contributed by atoms with Crippen LogP contribution in [0.5, 0.6) is 0 Å². The van der Waals surface area contributed by atoms with E-state index >= 15 is 0 Å². The molecule has 0 radical (unpaired) electrons. The molecular formula is C12H17F2NO3S2. The maximum absolute atomic E-state index is 12.0. The Morgan fingerprint density at radius 1 is 1.40 bits per heavy atom. The predicted molar refractivity (Wildman–Crippen MR) is 74.5 cm³/mol. The van der Waals surface area contributed by atoms with Crippen LogP contribution >= 0.6 is 11.8 Å². The second kappa shape index (κ2) is 6.91. The summed E-state index contributed by atoms with van der Waals surface area (Å²) in [5, 5.41) is 2.74. The molecule has 2 rings (SSSR count). The quantitative estimate of drug-likeness (QED) is 0.834. The van der Waals surface area contributed by atoms with E-state index in [9.17, 15) is 17.2 Å². The molecular weight excluding hydrogens is 308 g/mol. The molecule has 20 heavy (non-hydrogen) atoms. The first-order chi connectivity index (χ1) is 9.47. The van der Waals surface area contributed by atoms with Gasteiger partial charge in [-0.25, -0.2) is 8.42 Å². The van der Waals surface area contributed by atoms with Gasteiger partial charge < -0.3 is 9.73 Å². The van der Waals surface area contributed by atoms with Crippen LogP contribution in [0.3, 0.4) is 0 Å². The highest BCUT2D eigenvalue weighted by Gasteiger charge is 2.30.